The van der Waals surface area contributed by atoms with Gasteiger partial charge in [0.25, 0.3) is 0 Å². The van der Waals surface area contributed by atoms with Gasteiger partial charge in [-0.1, -0.05) is 24.3 Å². The third kappa shape index (κ3) is 1.88. The van der Waals surface area contributed by atoms with Crippen molar-refractivity contribution in [2.75, 3.05) is 12.4 Å². The van der Waals surface area contributed by atoms with Crippen molar-refractivity contribution in [1.29, 1.82) is 0 Å². The number of hydrogen-bond acceptors (Lipinski definition) is 3. The van der Waals surface area contributed by atoms with Crippen molar-refractivity contribution in [3.63, 3.8) is 0 Å². The lowest BCUT2D eigenvalue weighted by Gasteiger charge is -2.00. The van der Waals surface area contributed by atoms with Crippen LogP contribution in [0.1, 0.15) is 0 Å². The molecule has 3 rings (SSSR count). The molecule has 0 fully saturated rings. The summed E-state index contributed by atoms with van der Waals surface area (Å²) in [6.45, 7) is 0. The van der Waals surface area contributed by atoms with Crippen LogP contribution in [0.25, 0.3) is 11.0 Å². The number of benzene rings is 2. The van der Waals surface area contributed by atoms with Crippen molar-refractivity contribution in [1.82, 2.24) is 9.97 Å². The molecule has 0 aliphatic carbocycles. The molecule has 18 heavy (non-hydrogen) atoms. The van der Waals surface area contributed by atoms with Crippen molar-refractivity contribution in [2.24, 2.45) is 0 Å². The number of imidazole rings is 1. The molecule has 1 heterocycles. The Kier molecular flexibility index (Phi) is 2.61. The van der Waals surface area contributed by atoms with E-state index in [0.29, 0.717) is 5.95 Å². The smallest absolute Gasteiger partial charge is 0.205 e. The number of methoxy groups -OCH3 is 1. The highest BCUT2D eigenvalue weighted by atomic mass is 16.5. The number of nitrogens with one attached hydrogen (secondary N) is 2. The van der Waals surface area contributed by atoms with Gasteiger partial charge in [-0.3, -0.25) is 0 Å². The Morgan fingerprint density at radius 1 is 1.06 bits per heavy atom. The zero-order chi connectivity index (χ0) is 12.4. The molecule has 0 spiro atoms. The Hall–Kier alpha value is -2.49. The lowest BCUT2D eigenvalue weighted by molar-refractivity contribution is 0.419. The van der Waals surface area contributed by atoms with Crippen molar-refractivity contribution in [3.05, 3.63) is 48.5 Å². The summed E-state index contributed by atoms with van der Waals surface area (Å²) in [6, 6.07) is 15.7. The van der Waals surface area contributed by atoms with E-state index in [-0.39, 0.29) is 0 Å². The first-order chi connectivity index (χ1) is 8.86. The lowest BCUT2D eigenvalue weighted by atomic mass is 10.3. The molecule has 0 amide bonds. The third-order valence-electron chi connectivity index (χ3n) is 2.73. The number of para-hydroxylation sites is 2. The number of rotatable bonds is 3. The Balaban J connectivity index is 1.99. The summed E-state index contributed by atoms with van der Waals surface area (Å²) in [5.41, 5.74) is 2.78. The Labute approximate surface area is 105 Å². The Morgan fingerprint density at radius 3 is 2.67 bits per heavy atom. The Morgan fingerprint density at radius 2 is 1.89 bits per heavy atom. The highest BCUT2D eigenvalue weighted by molar-refractivity contribution is 5.84. The Bertz CT molecular complexity index is 661. The van der Waals surface area contributed by atoms with Gasteiger partial charge in [-0.2, -0.15) is 0 Å². The molecule has 0 unspecified atom stereocenters. The van der Waals surface area contributed by atoms with E-state index in [0.717, 1.165) is 22.5 Å². The van der Waals surface area contributed by atoms with Crippen molar-refractivity contribution >= 4 is 22.7 Å². The average Bonchev–Trinajstić information content (AvgIpc) is 2.82. The molecular formula is C14H13N3O. The predicted molar refractivity (Wildman–Crippen MR) is 72.4 cm³/mol. The third-order valence-corrected chi connectivity index (χ3v) is 2.73. The maximum absolute atomic E-state index is 5.28. The largest absolute Gasteiger partial charge is 0.494 e. The summed E-state index contributed by atoms with van der Waals surface area (Å²) in [5.74, 6) is 1.48. The van der Waals surface area contributed by atoms with Crippen LogP contribution in [-0.2, 0) is 0 Å². The first kappa shape index (κ1) is 10.7. The molecule has 0 aliphatic rings. The highest BCUT2D eigenvalue weighted by Gasteiger charge is 2.07. The topological polar surface area (TPSA) is 49.9 Å². The summed E-state index contributed by atoms with van der Waals surface area (Å²) in [4.78, 5) is 7.70. The first-order valence-corrected chi connectivity index (χ1v) is 5.71. The number of hydrogen-bond donors (Lipinski definition) is 2. The van der Waals surface area contributed by atoms with Crippen LogP contribution in [0.15, 0.2) is 48.5 Å². The van der Waals surface area contributed by atoms with Gasteiger partial charge in [0.15, 0.2) is 0 Å². The van der Waals surface area contributed by atoms with Crippen molar-refractivity contribution in [2.45, 2.75) is 0 Å². The predicted octanol–water partition coefficient (Wildman–Crippen LogP) is 3.32. The summed E-state index contributed by atoms with van der Waals surface area (Å²) in [7, 11) is 1.65. The molecule has 0 saturated heterocycles. The SMILES string of the molecule is COc1cccc2[nH]c(Nc3ccccc3)nc12. The molecule has 0 saturated carbocycles. The second-order valence-corrected chi connectivity index (χ2v) is 3.93. The number of nitrogens with zero attached hydrogens (tertiary/aromatic N) is 1. The van der Waals surface area contributed by atoms with E-state index in [1.165, 1.54) is 0 Å². The summed E-state index contributed by atoms with van der Waals surface area (Å²) in [6.07, 6.45) is 0. The standard InChI is InChI=1S/C14H13N3O/c1-18-12-9-5-8-11-13(12)17-14(16-11)15-10-6-3-2-4-7-10/h2-9H,1H3,(H2,15,16,17). The van der Waals surface area contributed by atoms with Crippen LogP contribution in [0.2, 0.25) is 0 Å². The maximum Gasteiger partial charge on any atom is 0.205 e. The second-order valence-electron chi connectivity index (χ2n) is 3.93. The van der Waals surface area contributed by atoms with Crippen LogP contribution in [0.5, 0.6) is 5.75 Å². The molecule has 0 atom stereocenters. The van der Waals surface area contributed by atoms with Crippen molar-refractivity contribution in [3.8, 4) is 5.75 Å². The lowest BCUT2D eigenvalue weighted by Crippen LogP contribution is -1.91. The molecule has 0 radical (unpaired) electrons. The van der Waals surface area contributed by atoms with Gasteiger partial charge >= 0.3 is 0 Å². The van der Waals surface area contributed by atoms with Gasteiger partial charge in [-0.25, -0.2) is 4.98 Å². The molecule has 4 nitrogen and oxygen atoms in total. The summed E-state index contributed by atoms with van der Waals surface area (Å²) in [5, 5.41) is 3.22. The summed E-state index contributed by atoms with van der Waals surface area (Å²) >= 11 is 0. The molecule has 4 heteroatoms. The fourth-order valence-corrected chi connectivity index (χ4v) is 1.89. The number of anilines is 2. The van der Waals surface area contributed by atoms with E-state index in [9.17, 15) is 0 Å². The van der Waals surface area contributed by atoms with Gasteiger partial charge in [0.05, 0.1) is 12.6 Å². The molecule has 3 aromatic rings. The van der Waals surface area contributed by atoms with Crippen LogP contribution in [0.4, 0.5) is 11.6 Å². The van der Waals surface area contributed by atoms with Gasteiger partial charge in [0, 0.05) is 5.69 Å². The minimum atomic E-state index is 0.709. The van der Waals surface area contributed by atoms with Crippen molar-refractivity contribution < 1.29 is 4.74 Å². The fraction of sp³-hybridized carbons (Fsp3) is 0.0714. The zero-order valence-corrected chi connectivity index (χ0v) is 9.97. The number of aromatic amines is 1. The monoisotopic (exact) mass is 239 g/mol. The first-order valence-electron chi connectivity index (χ1n) is 5.71. The van der Waals surface area contributed by atoms with Gasteiger partial charge < -0.3 is 15.0 Å². The molecule has 1 aromatic heterocycles. The van der Waals surface area contributed by atoms with Crippen LogP contribution < -0.4 is 10.1 Å². The highest BCUT2D eigenvalue weighted by Crippen LogP contribution is 2.25. The number of fused-ring (bicyclic) bond motifs is 1. The van der Waals surface area contributed by atoms with Crippen LogP contribution in [-0.4, -0.2) is 17.1 Å². The second kappa shape index (κ2) is 4.41. The molecule has 0 bridgehead atoms. The molecule has 2 aromatic carbocycles. The minimum absolute atomic E-state index is 0.709. The normalized spacial score (nSPS) is 10.5. The minimum Gasteiger partial charge on any atom is -0.494 e. The van der Waals surface area contributed by atoms with E-state index in [1.807, 2.05) is 48.5 Å². The number of H-pyrrole nitrogens is 1. The quantitative estimate of drug-likeness (QED) is 0.737. The van der Waals surface area contributed by atoms with E-state index in [2.05, 4.69) is 15.3 Å². The maximum atomic E-state index is 5.28. The van der Waals surface area contributed by atoms with Gasteiger partial charge in [0.1, 0.15) is 11.3 Å². The van der Waals surface area contributed by atoms with Crippen LogP contribution >= 0.6 is 0 Å². The van der Waals surface area contributed by atoms with E-state index >= 15 is 0 Å². The van der Waals surface area contributed by atoms with Crippen LogP contribution in [0.3, 0.4) is 0 Å². The van der Waals surface area contributed by atoms with Gasteiger partial charge in [0.2, 0.25) is 5.95 Å². The van der Waals surface area contributed by atoms with E-state index in [1.54, 1.807) is 7.11 Å². The zero-order valence-electron chi connectivity index (χ0n) is 9.97. The molecular weight excluding hydrogens is 226 g/mol. The summed E-state index contributed by atoms with van der Waals surface area (Å²) < 4.78 is 5.28. The van der Waals surface area contributed by atoms with Gasteiger partial charge in [-0.15, -0.1) is 0 Å². The van der Waals surface area contributed by atoms with Gasteiger partial charge in [-0.05, 0) is 24.3 Å². The molecule has 2 N–H and O–H groups in total. The van der Waals surface area contributed by atoms with E-state index in [4.69, 9.17) is 4.74 Å². The molecule has 90 valence electrons. The van der Waals surface area contributed by atoms with E-state index < -0.39 is 0 Å². The van der Waals surface area contributed by atoms with Crippen LogP contribution in [0, 0.1) is 0 Å². The number of aromatic nitrogens is 2. The number of ether oxygens (including phenoxy) is 1. The molecule has 0 aliphatic heterocycles. The fourth-order valence-electron chi connectivity index (χ4n) is 1.89. The average molecular weight is 239 g/mol.